The number of carbonyl (C=O) groups is 1. The smallest absolute Gasteiger partial charge is 0.337 e. The topological polar surface area (TPSA) is 91.3 Å². The molecule has 4 aromatic rings. The Bertz CT molecular complexity index is 1260. The normalized spacial score (nSPS) is 10.9. The van der Waals surface area contributed by atoms with E-state index in [2.05, 4.69) is 34.2 Å². The molecule has 32 heavy (non-hydrogen) atoms. The number of nitrogens with one attached hydrogen (secondary N) is 1. The van der Waals surface area contributed by atoms with Crippen LogP contribution in [0.5, 0.6) is 5.75 Å². The minimum atomic E-state index is -1.04. The minimum absolute atomic E-state index is 0.135. The van der Waals surface area contributed by atoms with Crippen LogP contribution in [0.15, 0.2) is 48.0 Å². The fraction of sp³-hybridized carbons (Fsp3) is 0.208. The Hall–Kier alpha value is -3.65. The molecule has 0 saturated carbocycles. The summed E-state index contributed by atoms with van der Waals surface area (Å²) in [5.74, 6) is 0.114. The molecule has 0 aliphatic heterocycles. The van der Waals surface area contributed by atoms with Gasteiger partial charge < -0.3 is 9.84 Å². The standard InChI is InChI=1S/C24H24N4O3S/c1-5-16-11-21(14(2)10-18(16)23-26-15(3)13-32-23)28(22-8-9-25-27-22)20-7-6-17(31-4)12-19(20)24(29)30/h6-13H,5H2,1-4H3,(H,25,27)(H,29,30). The third-order valence-electron chi connectivity index (χ3n) is 5.29. The second-order valence-corrected chi connectivity index (χ2v) is 8.27. The van der Waals surface area contributed by atoms with E-state index in [0.29, 0.717) is 17.3 Å². The molecule has 0 bridgehead atoms. The molecule has 4 rings (SSSR count). The molecule has 8 heteroatoms. The van der Waals surface area contributed by atoms with Crippen LogP contribution in [0.2, 0.25) is 0 Å². The van der Waals surface area contributed by atoms with Crippen molar-refractivity contribution in [2.75, 3.05) is 12.0 Å². The molecule has 0 aliphatic carbocycles. The molecule has 2 aromatic carbocycles. The first kappa shape index (κ1) is 21.6. The molecular weight excluding hydrogens is 424 g/mol. The SMILES string of the molecule is CCc1cc(N(c2ccn[nH]2)c2ccc(OC)cc2C(=O)O)c(C)cc1-c1nc(C)cs1. The van der Waals surface area contributed by atoms with Gasteiger partial charge in [-0.3, -0.25) is 10.00 Å². The number of hydrogen-bond donors (Lipinski definition) is 2. The number of aromatic nitrogens is 3. The highest BCUT2D eigenvalue weighted by molar-refractivity contribution is 7.13. The van der Waals surface area contributed by atoms with E-state index in [9.17, 15) is 9.90 Å². The Kier molecular flexibility index (Phi) is 5.96. The van der Waals surface area contributed by atoms with Crippen LogP contribution in [0.25, 0.3) is 10.6 Å². The van der Waals surface area contributed by atoms with Crippen LogP contribution in [-0.4, -0.2) is 33.4 Å². The Morgan fingerprint density at radius 1 is 1.19 bits per heavy atom. The molecule has 7 nitrogen and oxygen atoms in total. The number of aromatic carboxylic acids is 1. The lowest BCUT2D eigenvalue weighted by Gasteiger charge is -2.27. The molecular formula is C24H24N4O3S. The number of ether oxygens (including phenoxy) is 1. The van der Waals surface area contributed by atoms with Crippen LogP contribution in [0.1, 0.15) is 34.1 Å². The fourth-order valence-corrected chi connectivity index (χ4v) is 4.57. The van der Waals surface area contributed by atoms with Crippen molar-refractivity contribution >= 4 is 34.5 Å². The minimum Gasteiger partial charge on any atom is -0.497 e. The second-order valence-electron chi connectivity index (χ2n) is 7.41. The number of thiazole rings is 1. The van der Waals surface area contributed by atoms with Crippen molar-refractivity contribution in [2.24, 2.45) is 0 Å². The number of nitrogens with zero attached hydrogens (tertiary/aromatic N) is 3. The third-order valence-corrected chi connectivity index (χ3v) is 6.29. The van der Waals surface area contributed by atoms with Crippen molar-refractivity contribution in [1.29, 1.82) is 0 Å². The number of methoxy groups -OCH3 is 1. The highest BCUT2D eigenvalue weighted by Gasteiger charge is 2.24. The van der Waals surface area contributed by atoms with Gasteiger partial charge in [0.15, 0.2) is 0 Å². The first-order chi connectivity index (χ1) is 15.4. The van der Waals surface area contributed by atoms with Crippen molar-refractivity contribution in [1.82, 2.24) is 15.2 Å². The Morgan fingerprint density at radius 2 is 2.00 bits per heavy atom. The summed E-state index contributed by atoms with van der Waals surface area (Å²) in [6.07, 6.45) is 2.46. The summed E-state index contributed by atoms with van der Waals surface area (Å²) in [6, 6.07) is 11.1. The number of rotatable bonds is 7. The molecule has 2 heterocycles. The number of benzene rings is 2. The number of hydrogen-bond acceptors (Lipinski definition) is 6. The predicted molar refractivity (Wildman–Crippen MR) is 127 cm³/mol. The molecule has 2 aromatic heterocycles. The molecule has 164 valence electrons. The van der Waals surface area contributed by atoms with Gasteiger partial charge in [-0.05, 0) is 61.7 Å². The van der Waals surface area contributed by atoms with Crippen LogP contribution in [0, 0.1) is 13.8 Å². The van der Waals surface area contributed by atoms with E-state index in [4.69, 9.17) is 4.74 Å². The van der Waals surface area contributed by atoms with E-state index < -0.39 is 5.97 Å². The number of anilines is 3. The number of aromatic amines is 1. The van der Waals surface area contributed by atoms with Crippen molar-refractivity contribution in [3.63, 3.8) is 0 Å². The summed E-state index contributed by atoms with van der Waals surface area (Å²) in [6.45, 7) is 6.12. The third kappa shape index (κ3) is 3.97. The van der Waals surface area contributed by atoms with E-state index in [-0.39, 0.29) is 5.56 Å². The quantitative estimate of drug-likeness (QED) is 0.366. The van der Waals surface area contributed by atoms with Gasteiger partial charge in [0.25, 0.3) is 0 Å². The van der Waals surface area contributed by atoms with Crippen molar-refractivity contribution in [3.05, 3.63) is 70.4 Å². The van der Waals surface area contributed by atoms with Gasteiger partial charge >= 0.3 is 5.97 Å². The van der Waals surface area contributed by atoms with Crippen molar-refractivity contribution in [3.8, 4) is 16.3 Å². The van der Waals surface area contributed by atoms with Gasteiger partial charge in [0.2, 0.25) is 0 Å². The number of carboxylic acid groups (broad SMARTS) is 1. The van der Waals surface area contributed by atoms with E-state index >= 15 is 0 Å². The summed E-state index contributed by atoms with van der Waals surface area (Å²) in [5, 5.41) is 20.0. The predicted octanol–water partition coefficient (Wildman–Crippen LogP) is 5.89. The Balaban J connectivity index is 1.94. The first-order valence-electron chi connectivity index (χ1n) is 10.2. The molecule has 0 amide bonds. The van der Waals surface area contributed by atoms with Gasteiger partial charge in [0.1, 0.15) is 16.6 Å². The second kappa shape index (κ2) is 8.84. The zero-order chi connectivity index (χ0) is 22.8. The molecule has 0 saturated heterocycles. The maximum atomic E-state index is 12.1. The summed E-state index contributed by atoms with van der Waals surface area (Å²) >= 11 is 1.63. The van der Waals surface area contributed by atoms with Gasteiger partial charge in [-0.15, -0.1) is 11.3 Å². The van der Waals surface area contributed by atoms with Crippen LogP contribution < -0.4 is 9.64 Å². The maximum absolute atomic E-state index is 12.1. The number of aryl methyl sites for hydroxylation is 3. The Morgan fingerprint density at radius 3 is 2.59 bits per heavy atom. The van der Waals surface area contributed by atoms with Gasteiger partial charge in [-0.25, -0.2) is 9.78 Å². The van der Waals surface area contributed by atoms with E-state index in [1.807, 2.05) is 30.2 Å². The Labute approximate surface area is 190 Å². The monoisotopic (exact) mass is 448 g/mol. The zero-order valence-electron chi connectivity index (χ0n) is 18.3. The fourth-order valence-electron chi connectivity index (χ4n) is 3.72. The number of carboxylic acids is 1. The van der Waals surface area contributed by atoms with Crippen LogP contribution in [0.4, 0.5) is 17.2 Å². The van der Waals surface area contributed by atoms with Gasteiger partial charge in [0, 0.05) is 22.7 Å². The highest BCUT2D eigenvalue weighted by Crippen LogP contribution is 2.41. The lowest BCUT2D eigenvalue weighted by atomic mass is 9.99. The van der Waals surface area contributed by atoms with Gasteiger partial charge in [0.05, 0.1) is 30.2 Å². The summed E-state index contributed by atoms with van der Waals surface area (Å²) < 4.78 is 5.26. The molecule has 0 unspecified atom stereocenters. The summed E-state index contributed by atoms with van der Waals surface area (Å²) in [7, 11) is 1.52. The lowest BCUT2D eigenvalue weighted by molar-refractivity contribution is 0.0697. The average Bonchev–Trinajstić information content (AvgIpc) is 3.47. The van der Waals surface area contributed by atoms with Crippen molar-refractivity contribution < 1.29 is 14.6 Å². The van der Waals surface area contributed by atoms with E-state index in [1.54, 1.807) is 29.7 Å². The van der Waals surface area contributed by atoms with E-state index in [1.165, 1.54) is 13.2 Å². The van der Waals surface area contributed by atoms with Crippen LogP contribution in [-0.2, 0) is 6.42 Å². The van der Waals surface area contributed by atoms with Gasteiger partial charge in [-0.1, -0.05) is 6.92 Å². The molecule has 0 fully saturated rings. The van der Waals surface area contributed by atoms with Crippen LogP contribution in [0.3, 0.4) is 0 Å². The molecule has 0 aliphatic rings. The maximum Gasteiger partial charge on any atom is 0.337 e. The van der Waals surface area contributed by atoms with Crippen molar-refractivity contribution in [2.45, 2.75) is 27.2 Å². The summed E-state index contributed by atoms with van der Waals surface area (Å²) in [5.41, 5.74) is 5.75. The molecule has 0 atom stereocenters. The highest BCUT2D eigenvalue weighted by atomic mass is 32.1. The lowest BCUT2D eigenvalue weighted by Crippen LogP contribution is -2.16. The zero-order valence-corrected chi connectivity index (χ0v) is 19.2. The summed E-state index contributed by atoms with van der Waals surface area (Å²) in [4.78, 5) is 18.7. The largest absolute Gasteiger partial charge is 0.497 e. The van der Waals surface area contributed by atoms with Gasteiger partial charge in [-0.2, -0.15) is 5.10 Å². The first-order valence-corrected chi connectivity index (χ1v) is 11.1. The van der Waals surface area contributed by atoms with Crippen LogP contribution >= 0.6 is 11.3 Å². The molecule has 0 radical (unpaired) electrons. The average molecular weight is 449 g/mol. The van der Waals surface area contributed by atoms with E-state index in [0.717, 1.165) is 39.5 Å². The molecule has 0 spiro atoms. The molecule has 2 N–H and O–H groups in total. The number of H-pyrrole nitrogens is 1.